The number of nitrogens with one attached hydrogen (secondary N) is 1. The van der Waals surface area contributed by atoms with E-state index in [-0.39, 0.29) is 24.3 Å². The summed E-state index contributed by atoms with van der Waals surface area (Å²) in [5, 5.41) is 3.16. The maximum atomic E-state index is 12.1. The molecule has 19 heavy (non-hydrogen) atoms. The minimum absolute atomic E-state index is 0.0738. The van der Waals surface area contributed by atoms with Crippen LogP contribution in [0.4, 0.5) is 0 Å². The fourth-order valence-electron chi connectivity index (χ4n) is 2.23. The number of amides is 2. The first-order valence-corrected chi connectivity index (χ1v) is 7.12. The van der Waals surface area contributed by atoms with Crippen molar-refractivity contribution >= 4 is 27.7 Å². The lowest BCUT2D eigenvalue weighted by molar-refractivity contribution is -0.140. The van der Waals surface area contributed by atoms with Crippen LogP contribution in [-0.4, -0.2) is 28.8 Å². The number of imide groups is 1. The zero-order valence-electron chi connectivity index (χ0n) is 11.0. The summed E-state index contributed by atoms with van der Waals surface area (Å²) in [6, 6.07) is 7.36. The lowest BCUT2D eigenvalue weighted by atomic mass is 10.2. The molecule has 1 aliphatic heterocycles. The van der Waals surface area contributed by atoms with Crippen molar-refractivity contribution in [2.45, 2.75) is 38.9 Å². The fourth-order valence-corrected chi connectivity index (χ4v) is 2.65. The Kier molecular flexibility index (Phi) is 4.37. The highest BCUT2D eigenvalue weighted by Crippen LogP contribution is 2.19. The van der Waals surface area contributed by atoms with E-state index in [1.54, 1.807) is 0 Å². The van der Waals surface area contributed by atoms with Gasteiger partial charge in [0.25, 0.3) is 0 Å². The van der Waals surface area contributed by atoms with Gasteiger partial charge in [-0.3, -0.25) is 14.5 Å². The van der Waals surface area contributed by atoms with Crippen LogP contribution < -0.4 is 5.32 Å². The highest BCUT2D eigenvalue weighted by atomic mass is 79.9. The van der Waals surface area contributed by atoms with Gasteiger partial charge in [-0.25, -0.2) is 0 Å². The van der Waals surface area contributed by atoms with Crippen molar-refractivity contribution in [2.75, 3.05) is 0 Å². The number of hydrogen-bond donors (Lipinski definition) is 1. The summed E-state index contributed by atoms with van der Waals surface area (Å²) < 4.78 is 1.000. The van der Waals surface area contributed by atoms with Gasteiger partial charge in [0, 0.05) is 17.1 Å². The quantitative estimate of drug-likeness (QED) is 0.863. The number of hydrogen-bond acceptors (Lipinski definition) is 3. The smallest absolute Gasteiger partial charge is 0.247 e. The summed E-state index contributed by atoms with van der Waals surface area (Å²) in [7, 11) is 0. The number of benzene rings is 1. The SMILES string of the molecule is CC(C)N1C(=O)CC(NCc2ccccc2Br)C1=O. The van der Waals surface area contributed by atoms with E-state index in [1.807, 2.05) is 38.1 Å². The summed E-state index contributed by atoms with van der Waals surface area (Å²) in [5.41, 5.74) is 1.07. The van der Waals surface area contributed by atoms with Crippen molar-refractivity contribution in [1.29, 1.82) is 0 Å². The third-order valence-corrected chi connectivity index (χ3v) is 3.97. The Bertz CT molecular complexity index is 502. The Morgan fingerprint density at radius 3 is 2.63 bits per heavy atom. The highest BCUT2D eigenvalue weighted by Gasteiger charge is 2.39. The second-order valence-electron chi connectivity index (χ2n) is 4.92. The van der Waals surface area contributed by atoms with Crippen LogP contribution >= 0.6 is 15.9 Å². The van der Waals surface area contributed by atoms with Crippen LogP contribution in [-0.2, 0) is 16.1 Å². The van der Waals surface area contributed by atoms with E-state index in [1.165, 1.54) is 4.90 Å². The standard InChI is InChI=1S/C14H17BrN2O2/c1-9(2)17-13(18)7-12(14(17)19)16-8-10-5-3-4-6-11(10)15/h3-6,9,12,16H,7-8H2,1-2H3. The van der Waals surface area contributed by atoms with Gasteiger partial charge in [0.05, 0.1) is 12.5 Å². The van der Waals surface area contributed by atoms with Crippen molar-refractivity contribution in [3.8, 4) is 0 Å². The molecular formula is C14H17BrN2O2. The van der Waals surface area contributed by atoms with E-state index in [2.05, 4.69) is 21.2 Å². The fraction of sp³-hybridized carbons (Fsp3) is 0.429. The van der Waals surface area contributed by atoms with Gasteiger partial charge in [-0.2, -0.15) is 0 Å². The van der Waals surface area contributed by atoms with Gasteiger partial charge in [-0.05, 0) is 25.5 Å². The largest absolute Gasteiger partial charge is 0.301 e. The molecule has 1 unspecified atom stereocenters. The van der Waals surface area contributed by atoms with Crippen LogP contribution in [0.5, 0.6) is 0 Å². The van der Waals surface area contributed by atoms with Crippen LogP contribution in [0.1, 0.15) is 25.8 Å². The molecule has 0 spiro atoms. The Hall–Kier alpha value is -1.20. The second-order valence-corrected chi connectivity index (χ2v) is 5.78. The van der Waals surface area contributed by atoms with Crippen molar-refractivity contribution in [3.05, 3.63) is 34.3 Å². The maximum absolute atomic E-state index is 12.1. The molecule has 1 N–H and O–H groups in total. The number of carbonyl (C=O) groups is 2. The summed E-state index contributed by atoms with van der Waals surface area (Å²) in [6.45, 7) is 4.27. The normalized spacial score (nSPS) is 19.6. The molecule has 1 aromatic carbocycles. The van der Waals surface area contributed by atoms with Gasteiger partial charge in [-0.15, -0.1) is 0 Å². The Balaban J connectivity index is 2.00. The Morgan fingerprint density at radius 2 is 2.05 bits per heavy atom. The average molecular weight is 325 g/mol. The van der Waals surface area contributed by atoms with Crippen molar-refractivity contribution < 1.29 is 9.59 Å². The van der Waals surface area contributed by atoms with Gasteiger partial charge < -0.3 is 5.32 Å². The van der Waals surface area contributed by atoms with Gasteiger partial charge in [0.2, 0.25) is 11.8 Å². The predicted molar refractivity (Wildman–Crippen MR) is 76.4 cm³/mol. The number of nitrogens with zero attached hydrogens (tertiary/aromatic N) is 1. The summed E-state index contributed by atoms with van der Waals surface area (Å²) in [4.78, 5) is 25.2. The van der Waals surface area contributed by atoms with Crippen LogP contribution in [0, 0.1) is 0 Å². The van der Waals surface area contributed by atoms with Gasteiger partial charge in [0.15, 0.2) is 0 Å². The summed E-state index contributed by atoms with van der Waals surface area (Å²) >= 11 is 3.47. The molecule has 0 radical (unpaired) electrons. The number of rotatable bonds is 4. The second kappa shape index (κ2) is 5.84. The van der Waals surface area contributed by atoms with Crippen LogP contribution in [0.2, 0.25) is 0 Å². The first-order chi connectivity index (χ1) is 9.00. The monoisotopic (exact) mass is 324 g/mol. The highest BCUT2D eigenvalue weighted by molar-refractivity contribution is 9.10. The Labute approximate surface area is 121 Å². The van der Waals surface area contributed by atoms with Crippen molar-refractivity contribution in [2.24, 2.45) is 0 Å². The van der Waals surface area contributed by atoms with E-state index in [0.29, 0.717) is 6.54 Å². The predicted octanol–water partition coefficient (Wildman–Crippen LogP) is 2.07. The van der Waals surface area contributed by atoms with E-state index in [4.69, 9.17) is 0 Å². The molecule has 0 aromatic heterocycles. The molecule has 0 bridgehead atoms. The maximum Gasteiger partial charge on any atom is 0.247 e. The molecule has 1 atom stereocenters. The third kappa shape index (κ3) is 3.04. The first-order valence-electron chi connectivity index (χ1n) is 6.33. The van der Waals surface area contributed by atoms with Crippen molar-refractivity contribution in [1.82, 2.24) is 10.2 Å². The van der Waals surface area contributed by atoms with Crippen LogP contribution in [0.3, 0.4) is 0 Å². The van der Waals surface area contributed by atoms with E-state index in [0.717, 1.165) is 10.0 Å². The van der Waals surface area contributed by atoms with E-state index < -0.39 is 6.04 Å². The average Bonchev–Trinajstić information content (AvgIpc) is 2.63. The molecule has 1 aliphatic rings. The molecule has 4 nitrogen and oxygen atoms in total. The lowest BCUT2D eigenvalue weighted by Crippen LogP contribution is -2.41. The number of carbonyl (C=O) groups excluding carboxylic acids is 2. The minimum atomic E-state index is -0.401. The molecule has 1 heterocycles. The minimum Gasteiger partial charge on any atom is -0.301 e. The molecule has 1 saturated heterocycles. The molecule has 1 aromatic rings. The third-order valence-electron chi connectivity index (χ3n) is 3.20. The molecule has 1 fully saturated rings. The van der Waals surface area contributed by atoms with E-state index in [9.17, 15) is 9.59 Å². The zero-order valence-corrected chi connectivity index (χ0v) is 12.6. The van der Waals surface area contributed by atoms with Crippen molar-refractivity contribution in [3.63, 3.8) is 0 Å². The summed E-state index contributed by atoms with van der Waals surface area (Å²) in [6.07, 6.45) is 0.251. The number of halogens is 1. The first kappa shape index (κ1) is 14.2. The zero-order chi connectivity index (χ0) is 14.0. The Morgan fingerprint density at radius 1 is 1.37 bits per heavy atom. The molecule has 0 aliphatic carbocycles. The number of likely N-dealkylation sites (tertiary alicyclic amines) is 1. The molecule has 2 rings (SSSR count). The molecule has 2 amide bonds. The molecule has 0 saturated carbocycles. The van der Waals surface area contributed by atoms with Gasteiger partial charge in [-0.1, -0.05) is 34.1 Å². The molecule has 5 heteroatoms. The topological polar surface area (TPSA) is 49.4 Å². The molecule has 102 valence electrons. The van der Waals surface area contributed by atoms with Gasteiger partial charge in [0.1, 0.15) is 0 Å². The van der Waals surface area contributed by atoms with E-state index >= 15 is 0 Å². The van der Waals surface area contributed by atoms with Crippen LogP contribution in [0.15, 0.2) is 28.7 Å². The lowest BCUT2D eigenvalue weighted by Gasteiger charge is -2.19. The summed E-state index contributed by atoms with van der Waals surface area (Å²) in [5.74, 6) is -0.211. The molecular weight excluding hydrogens is 308 g/mol. The van der Waals surface area contributed by atoms with Gasteiger partial charge >= 0.3 is 0 Å². The van der Waals surface area contributed by atoms with Crippen LogP contribution in [0.25, 0.3) is 0 Å².